The molecule has 7 nitrogen and oxygen atoms in total. The van der Waals surface area contributed by atoms with Gasteiger partial charge < -0.3 is 14.7 Å². The molecule has 1 unspecified atom stereocenters. The third kappa shape index (κ3) is 3.55. The summed E-state index contributed by atoms with van der Waals surface area (Å²) in [5, 5.41) is 9.65. The van der Waals surface area contributed by atoms with E-state index in [9.17, 15) is 19.5 Å². The van der Waals surface area contributed by atoms with E-state index in [1.54, 1.807) is 30.0 Å². The molecule has 3 atom stereocenters. The SMILES string of the molecule is CC1Oc2ccccc2N(CC(=O)N2C[C@H](C(=O)O)[C@H](c3ccccc3)C2)C1=O. The molecule has 2 heterocycles. The molecular formula is C22H22N2O5. The molecule has 0 radical (unpaired) electrons. The summed E-state index contributed by atoms with van der Waals surface area (Å²) in [6, 6.07) is 16.5. The summed E-state index contributed by atoms with van der Waals surface area (Å²) >= 11 is 0. The van der Waals surface area contributed by atoms with Gasteiger partial charge in [-0.3, -0.25) is 19.3 Å². The highest BCUT2D eigenvalue weighted by Crippen LogP contribution is 2.35. The number of para-hydroxylation sites is 2. The molecule has 1 N–H and O–H groups in total. The normalized spacial score (nSPS) is 23.5. The molecule has 29 heavy (non-hydrogen) atoms. The minimum absolute atomic E-state index is 0.128. The number of anilines is 1. The number of carbonyl (C=O) groups is 3. The number of benzene rings is 2. The summed E-state index contributed by atoms with van der Waals surface area (Å²) < 4.78 is 5.61. The molecular weight excluding hydrogens is 372 g/mol. The van der Waals surface area contributed by atoms with E-state index in [1.165, 1.54) is 4.90 Å². The van der Waals surface area contributed by atoms with E-state index in [0.29, 0.717) is 18.0 Å². The van der Waals surface area contributed by atoms with Crippen molar-refractivity contribution in [3.63, 3.8) is 0 Å². The molecule has 2 aliphatic heterocycles. The predicted octanol–water partition coefficient (Wildman–Crippen LogP) is 2.13. The van der Waals surface area contributed by atoms with Gasteiger partial charge in [0.15, 0.2) is 6.10 Å². The zero-order valence-corrected chi connectivity index (χ0v) is 16.0. The van der Waals surface area contributed by atoms with Crippen molar-refractivity contribution in [1.29, 1.82) is 0 Å². The second-order valence-corrected chi connectivity index (χ2v) is 7.41. The van der Waals surface area contributed by atoms with Crippen LogP contribution in [-0.4, -0.2) is 53.5 Å². The van der Waals surface area contributed by atoms with Crippen molar-refractivity contribution in [3.8, 4) is 5.75 Å². The number of hydrogen-bond donors (Lipinski definition) is 1. The third-order valence-corrected chi connectivity index (χ3v) is 5.58. The van der Waals surface area contributed by atoms with Crippen LogP contribution in [0.1, 0.15) is 18.4 Å². The third-order valence-electron chi connectivity index (χ3n) is 5.58. The zero-order chi connectivity index (χ0) is 20.5. The van der Waals surface area contributed by atoms with Crippen LogP contribution in [0.4, 0.5) is 5.69 Å². The van der Waals surface area contributed by atoms with Crippen molar-refractivity contribution in [1.82, 2.24) is 4.90 Å². The van der Waals surface area contributed by atoms with E-state index in [0.717, 1.165) is 5.56 Å². The zero-order valence-electron chi connectivity index (χ0n) is 16.0. The van der Waals surface area contributed by atoms with Gasteiger partial charge in [-0.05, 0) is 24.6 Å². The van der Waals surface area contributed by atoms with Gasteiger partial charge in [-0.1, -0.05) is 42.5 Å². The number of carboxylic acids is 1. The van der Waals surface area contributed by atoms with Crippen molar-refractivity contribution in [2.24, 2.45) is 5.92 Å². The highest BCUT2D eigenvalue weighted by Gasteiger charge is 2.41. The number of likely N-dealkylation sites (tertiary alicyclic amines) is 1. The standard InChI is InChI=1S/C22H22N2O5/c1-14-21(26)24(18-9-5-6-10-19(18)29-14)13-20(25)23-11-16(17(12-23)22(27)28)15-7-3-2-4-8-15/h2-10,14,16-17H,11-13H2,1H3,(H,27,28)/t14?,16-,17-/m0/s1. The lowest BCUT2D eigenvalue weighted by Gasteiger charge is -2.33. The number of fused-ring (bicyclic) bond motifs is 1. The van der Waals surface area contributed by atoms with Crippen LogP contribution in [0.2, 0.25) is 0 Å². The first kappa shape index (κ1) is 19.0. The first-order chi connectivity index (χ1) is 14.0. The van der Waals surface area contributed by atoms with Crippen LogP contribution >= 0.6 is 0 Å². The lowest BCUT2D eigenvalue weighted by atomic mass is 9.89. The maximum atomic E-state index is 13.0. The summed E-state index contributed by atoms with van der Waals surface area (Å²) in [6.45, 7) is 1.95. The molecule has 0 aromatic heterocycles. The van der Waals surface area contributed by atoms with Gasteiger partial charge in [0.2, 0.25) is 5.91 Å². The van der Waals surface area contributed by atoms with Gasteiger partial charge in [-0.2, -0.15) is 0 Å². The Bertz CT molecular complexity index is 945. The first-order valence-electron chi connectivity index (χ1n) is 9.58. The average molecular weight is 394 g/mol. The number of ether oxygens (including phenoxy) is 1. The number of nitrogens with zero attached hydrogens (tertiary/aromatic N) is 2. The number of aliphatic carboxylic acids is 1. The molecule has 7 heteroatoms. The smallest absolute Gasteiger partial charge is 0.308 e. The molecule has 0 spiro atoms. The second kappa shape index (κ2) is 7.58. The van der Waals surface area contributed by atoms with Crippen LogP contribution in [-0.2, 0) is 14.4 Å². The molecule has 2 aliphatic rings. The Hall–Kier alpha value is -3.35. The molecule has 0 bridgehead atoms. The van der Waals surface area contributed by atoms with Gasteiger partial charge >= 0.3 is 5.97 Å². The Morgan fingerprint density at radius 1 is 1.07 bits per heavy atom. The van der Waals surface area contributed by atoms with Crippen molar-refractivity contribution < 1.29 is 24.2 Å². The Labute approximate surface area is 168 Å². The molecule has 1 saturated heterocycles. The fraction of sp³-hybridized carbons (Fsp3) is 0.318. The summed E-state index contributed by atoms with van der Waals surface area (Å²) in [5.41, 5.74) is 1.45. The van der Waals surface area contributed by atoms with Gasteiger partial charge in [0.05, 0.1) is 11.6 Å². The van der Waals surface area contributed by atoms with Crippen LogP contribution in [0.3, 0.4) is 0 Å². The molecule has 0 saturated carbocycles. The largest absolute Gasteiger partial charge is 0.481 e. The summed E-state index contributed by atoms with van der Waals surface area (Å²) in [7, 11) is 0. The van der Waals surface area contributed by atoms with E-state index in [-0.39, 0.29) is 30.8 Å². The van der Waals surface area contributed by atoms with Crippen LogP contribution in [0.15, 0.2) is 54.6 Å². The number of carboxylic acid groups (broad SMARTS) is 1. The van der Waals surface area contributed by atoms with Crippen LogP contribution < -0.4 is 9.64 Å². The number of hydrogen-bond acceptors (Lipinski definition) is 4. The number of rotatable bonds is 4. The van der Waals surface area contributed by atoms with Crippen LogP contribution in [0.25, 0.3) is 0 Å². The molecule has 150 valence electrons. The average Bonchev–Trinajstić information content (AvgIpc) is 3.18. The Kier molecular flexibility index (Phi) is 4.96. The highest BCUT2D eigenvalue weighted by molar-refractivity contribution is 6.03. The highest BCUT2D eigenvalue weighted by atomic mass is 16.5. The van der Waals surface area contributed by atoms with Gasteiger partial charge in [0.25, 0.3) is 5.91 Å². The Balaban J connectivity index is 1.55. The summed E-state index contributed by atoms with van der Waals surface area (Å²) in [4.78, 5) is 40.4. The van der Waals surface area contributed by atoms with Gasteiger partial charge in [0, 0.05) is 19.0 Å². The molecule has 2 aromatic rings. The lowest BCUT2D eigenvalue weighted by Crippen LogP contribution is -2.49. The van der Waals surface area contributed by atoms with Crippen molar-refractivity contribution >= 4 is 23.5 Å². The fourth-order valence-corrected chi connectivity index (χ4v) is 4.05. The molecule has 4 rings (SSSR count). The Morgan fingerprint density at radius 3 is 2.48 bits per heavy atom. The van der Waals surface area contributed by atoms with E-state index < -0.39 is 18.0 Å². The fourth-order valence-electron chi connectivity index (χ4n) is 4.05. The topological polar surface area (TPSA) is 87.2 Å². The predicted molar refractivity (Wildman–Crippen MR) is 106 cm³/mol. The number of amides is 2. The summed E-state index contributed by atoms with van der Waals surface area (Å²) in [5.74, 6) is -1.87. The Morgan fingerprint density at radius 2 is 1.76 bits per heavy atom. The quantitative estimate of drug-likeness (QED) is 0.858. The van der Waals surface area contributed by atoms with E-state index >= 15 is 0 Å². The summed E-state index contributed by atoms with van der Waals surface area (Å²) in [6.07, 6.45) is -0.680. The van der Waals surface area contributed by atoms with Gasteiger partial charge in [0.1, 0.15) is 12.3 Å². The molecule has 2 amide bonds. The van der Waals surface area contributed by atoms with Gasteiger partial charge in [-0.15, -0.1) is 0 Å². The molecule has 2 aromatic carbocycles. The van der Waals surface area contributed by atoms with E-state index in [4.69, 9.17) is 4.74 Å². The monoisotopic (exact) mass is 394 g/mol. The first-order valence-corrected chi connectivity index (χ1v) is 9.58. The van der Waals surface area contributed by atoms with Crippen molar-refractivity contribution in [3.05, 3.63) is 60.2 Å². The van der Waals surface area contributed by atoms with E-state index in [1.807, 2.05) is 36.4 Å². The van der Waals surface area contributed by atoms with E-state index in [2.05, 4.69) is 0 Å². The number of carbonyl (C=O) groups excluding carboxylic acids is 2. The second-order valence-electron chi connectivity index (χ2n) is 7.41. The maximum Gasteiger partial charge on any atom is 0.308 e. The molecule has 0 aliphatic carbocycles. The minimum atomic E-state index is -0.921. The van der Waals surface area contributed by atoms with Crippen molar-refractivity contribution in [2.75, 3.05) is 24.5 Å². The maximum absolute atomic E-state index is 13.0. The van der Waals surface area contributed by atoms with Crippen molar-refractivity contribution in [2.45, 2.75) is 18.9 Å². The van der Waals surface area contributed by atoms with Crippen LogP contribution in [0, 0.1) is 5.92 Å². The minimum Gasteiger partial charge on any atom is -0.481 e. The lowest BCUT2D eigenvalue weighted by molar-refractivity contribution is -0.142. The van der Waals surface area contributed by atoms with Crippen LogP contribution in [0.5, 0.6) is 5.75 Å². The van der Waals surface area contributed by atoms with Gasteiger partial charge in [-0.25, -0.2) is 0 Å². The molecule has 1 fully saturated rings.